The lowest BCUT2D eigenvalue weighted by atomic mass is 10.0. The number of aryl methyl sites for hydroxylation is 1. The topological polar surface area (TPSA) is 74.0 Å². The maximum absolute atomic E-state index is 12.9. The van der Waals surface area contributed by atoms with E-state index in [0.29, 0.717) is 5.69 Å². The third-order valence-corrected chi connectivity index (χ3v) is 5.70. The summed E-state index contributed by atoms with van der Waals surface area (Å²) in [5, 5.41) is 4.39. The highest BCUT2D eigenvalue weighted by Gasteiger charge is 2.41. The van der Waals surface area contributed by atoms with Crippen molar-refractivity contribution in [2.24, 2.45) is 0 Å². The molecule has 0 saturated carbocycles. The lowest BCUT2D eigenvalue weighted by Crippen LogP contribution is -2.47. The van der Waals surface area contributed by atoms with Crippen LogP contribution in [-0.2, 0) is 4.79 Å². The van der Waals surface area contributed by atoms with Crippen molar-refractivity contribution in [2.45, 2.75) is 25.8 Å². The molecule has 2 fully saturated rings. The number of fused-ring (bicyclic) bond motifs is 1. The molecule has 0 unspecified atom stereocenters. The maximum atomic E-state index is 12.9. The molecule has 2 aromatic heterocycles. The van der Waals surface area contributed by atoms with E-state index in [4.69, 9.17) is 0 Å². The number of hydrogen-bond donors (Lipinski definition) is 0. The molecular formula is C21H22N6O2. The highest BCUT2D eigenvalue weighted by Crippen LogP contribution is 2.28. The predicted molar refractivity (Wildman–Crippen MR) is 109 cm³/mol. The summed E-state index contributed by atoms with van der Waals surface area (Å²) in [5.41, 5.74) is 2.42. The van der Waals surface area contributed by atoms with Gasteiger partial charge in [0, 0.05) is 37.0 Å². The number of nitrogens with zero attached hydrogens (tertiary/aromatic N) is 6. The molecule has 2 aliphatic heterocycles. The first kappa shape index (κ1) is 17.7. The molecule has 1 aromatic carbocycles. The Morgan fingerprint density at radius 3 is 2.55 bits per heavy atom. The Hall–Kier alpha value is -3.42. The highest BCUT2D eigenvalue weighted by atomic mass is 16.2. The van der Waals surface area contributed by atoms with Crippen molar-refractivity contribution in [3.63, 3.8) is 0 Å². The van der Waals surface area contributed by atoms with Gasteiger partial charge in [0.15, 0.2) is 5.65 Å². The van der Waals surface area contributed by atoms with E-state index in [0.717, 1.165) is 43.1 Å². The number of anilines is 2. The molecule has 0 N–H and O–H groups in total. The molecule has 29 heavy (non-hydrogen) atoms. The lowest BCUT2D eigenvalue weighted by molar-refractivity contribution is -0.116. The number of amides is 3. The summed E-state index contributed by atoms with van der Waals surface area (Å²) in [6, 6.07) is 12.9. The van der Waals surface area contributed by atoms with Crippen LogP contribution in [-0.4, -0.2) is 57.1 Å². The summed E-state index contributed by atoms with van der Waals surface area (Å²) < 4.78 is 1.86. The van der Waals surface area contributed by atoms with Gasteiger partial charge in [-0.15, -0.1) is 0 Å². The smallest absolute Gasteiger partial charge is 0.332 e. The van der Waals surface area contributed by atoms with E-state index >= 15 is 0 Å². The van der Waals surface area contributed by atoms with E-state index in [1.807, 2.05) is 41.8 Å². The van der Waals surface area contributed by atoms with Crippen LogP contribution in [0.4, 0.5) is 16.3 Å². The van der Waals surface area contributed by atoms with Crippen molar-refractivity contribution < 1.29 is 9.59 Å². The second-order valence-electron chi connectivity index (χ2n) is 7.55. The Labute approximate surface area is 168 Å². The molecule has 0 spiro atoms. The molecular weight excluding hydrogens is 368 g/mol. The Bertz CT molecular complexity index is 1070. The lowest BCUT2D eigenvalue weighted by Gasteiger charge is -2.37. The summed E-state index contributed by atoms with van der Waals surface area (Å²) >= 11 is 0. The van der Waals surface area contributed by atoms with Gasteiger partial charge in [-0.25, -0.2) is 14.7 Å². The van der Waals surface area contributed by atoms with E-state index in [1.165, 1.54) is 4.90 Å². The average Bonchev–Trinajstić information content (AvgIpc) is 3.32. The van der Waals surface area contributed by atoms with Crippen molar-refractivity contribution >= 4 is 29.1 Å². The minimum absolute atomic E-state index is 0.0625. The summed E-state index contributed by atoms with van der Waals surface area (Å²) in [7, 11) is 0. The van der Waals surface area contributed by atoms with Crippen LogP contribution in [0.5, 0.6) is 0 Å². The monoisotopic (exact) mass is 390 g/mol. The fourth-order valence-electron chi connectivity index (χ4n) is 4.29. The number of piperidine rings is 1. The zero-order valence-corrected chi connectivity index (χ0v) is 16.2. The number of hydrogen-bond acceptors (Lipinski definition) is 5. The first-order valence-electron chi connectivity index (χ1n) is 9.87. The van der Waals surface area contributed by atoms with Crippen molar-refractivity contribution in [3.05, 3.63) is 54.4 Å². The Kier molecular flexibility index (Phi) is 4.19. The van der Waals surface area contributed by atoms with E-state index in [-0.39, 0.29) is 24.5 Å². The van der Waals surface area contributed by atoms with Crippen LogP contribution < -0.4 is 9.80 Å². The van der Waals surface area contributed by atoms with Gasteiger partial charge < -0.3 is 9.80 Å². The quantitative estimate of drug-likeness (QED) is 0.643. The molecule has 3 aromatic rings. The second-order valence-corrected chi connectivity index (χ2v) is 7.55. The number of urea groups is 1. The van der Waals surface area contributed by atoms with Crippen molar-refractivity contribution in [1.82, 2.24) is 19.5 Å². The van der Waals surface area contributed by atoms with Crippen molar-refractivity contribution in [1.29, 1.82) is 0 Å². The average molecular weight is 390 g/mol. The number of carbonyl (C=O) groups excluding carboxylic acids is 2. The van der Waals surface area contributed by atoms with Crippen LogP contribution >= 0.6 is 0 Å². The number of para-hydroxylation sites is 1. The molecule has 0 atom stereocenters. The largest absolute Gasteiger partial charge is 0.356 e. The normalized spacial score (nSPS) is 18.3. The van der Waals surface area contributed by atoms with Crippen LogP contribution in [0.2, 0.25) is 0 Å². The first-order valence-corrected chi connectivity index (χ1v) is 9.87. The zero-order valence-electron chi connectivity index (χ0n) is 16.2. The Morgan fingerprint density at radius 2 is 1.79 bits per heavy atom. The fourth-order valence-corrected chi connectivity index (χ4v) is 4.29. The zero-order chi connectivity index (χ0) is 20.0. The molecule has 2 aliphatic rings. The van der Waals surface area contributed by atoms with Gasteiger partial charge in [-0.3, -0.25) is 4.79 Å². The Morgan fingerprint density at radius 1 is 1.03 bits per heavy atom. The molecule has 5 rings (SSSR count). The first-order chi connectivity index (χ1) is 14.1. The summed E-state index contributed by atoms with van der Waals surface area (Å²) in [6.45, 7) is 3.73. The number of aromatic nitrogens is 3. The molecule has 148 valence electrons. The van der Waals surface area contributed by atoms with Crippen LogP contribution in [0, 0.1) is 6.92 Å². The second kappa shape index (κ2) is 6.88. The van der Waals surface area contributed by atoms with Gasteiger partial charge in [-0.05, 0) is 31.9 Å². The van der Waals surface area contributed by atoms with E-state index in [1.54, 1.807) is 23.2 Å². The Balaban J connectivity index is 1.31. The van der Waals surface area contributed by atoms with Crippen molar-refractivity contribution in [3.8, 4) is 0 Å². The van der Waals surface area contributed by atoms with Gasteiger partial charge in [0.2, 0.25) is 0 Å². The molecule has 2 saturated heterocycles. The minimum Gasteiger partial charge on any atom is -0.356 e. The van der Waals surface area contributed by atoms with Crippen LogP contribution in [0.3, 0.4) is 0 Å². The third-order valence-electron chi connectivity index (χ3n) is 5.70. The number of rotatable bonds is 3. The highest BCUT2D eigenvalue weighted by molar-refractivity contribution is 6.19. The molecule has 0 aliphatic carbocycles. The van der Waals surface area contributed by atoms with Gasteiger partial charge in [0.05, 0.1) is 11.9 Å². The summed E-state index contributed by atoms with van der Waals surface area (Å²) in [5.74, 6) is 0.859. The molecule has 0 bridgehead atoms. The van der Waals surface area contributed by atoms with Gasteiger partial charge in [0.25, 0.3) is 5.91 Å². The fraction of sp³-hybridized carbons (Fsp3) is 0.333. The number of imide groups is 1. The SMILES string of the molecule is Cc1cc(N2CCC(N3CC(=O)N(c4ccccc4)C3=O)CC2)n2nccc2n1. The third kappa shape index (κ3) is 3.00. The van der Waals surface area contributed by atoms with E-state index in [9.17, 15) is 9.59 Å². The van der Waals surface area contributed by atoms with E-state index < -0.39 is 0 Å². The molecule has 4 heterocycles. The van der Waals surface area contributed by atoms with Crippen LogP contribution in [0.25, 0.3) is 5.65 Å². The van der Waals surface area contributed by atoms with Gasteiger partial charge in [-0.1, -0.05) is 18.2 Å². The predicted octanol–water partition coefficient (Wildman–Crippen LogP) is 2.48. The van der Waals surface area contributed by atoms with Crippen LogP contribution in [0.15, 0.2) is 48.7 Å². The van der Waals surface area contributed by atoms with Gasteiger partial charge >= 0.3 is 6.03 Å². The van der Waals surface area contributed by atoms with E-state index in [2.05, 4.69) is 15.0 Å². The summed E-state index contributed by atoms with van der Waals surface area (Å²) in [6.07, 6.45) is 3.38. The summed E-state index contributed by atoms with van der Waals surface area (Å²) in [4.78, 5) is 35.3. The molecule has 0 radical (unpaired) electrons. The molecule has 8 heteroatoms. The molecule has 8 nitrogen and oxygen atoms in total. The number of benzene rings is 1. The van der Waals surface area contributed by atoms with Crippen molar-refractivity contribution in [2.75, 3.05) is 29.4 Å². The standard InChI is InChI=1S/C21H22N6O2/c1-15-13-19(27-18(23-15)7-10-22-27)24-11-8-16(9-12-24)25-14-20(28)26(21(25)29)17-5-3-2-4-6-17/h2-7,10,13,16H,8-9,11-12,14H2,1H3. The van der Waals surface area contributed by atoms with Crippen LogP contribution in [0.1, 0.15) is 18.5 Å². The van der Waals surface area contributed by atoms with Gasteiger partial charge in [0.1, 0.15) is 12.4 Å². The maximum Gasteiger partial charge on any atom is 0.332 e. The minimum atomic E-state index is -0.214. The number of carbonyl (C=O) groups is 2. The molecule has 3 amide bonds. The van der Waals surface area contributed by atoms with Gasteiger partial charge in [-0.2, -0.15) is 9.61 Å².